The second kappa shape index (κ2) is 7.36. The summed E-state index contributed by atoms with van der Waals surface area (Å²) in [4.78, 5) is 8.74. The molecule has 0 spiro atoms. The number of aryl methyl sites for hydroxylation is 1. The van der Waals surface area contributed by atoms with Gasteiger partial charge in [-0.3, -0.25) is 0 Å². The summed E-state index contributed by atoms with van der Waals surface area (Å²) in [5, 5.41) is 3.23. The minimum atomic E-state index is -0.313. The van der Waals surface area contributed by atoms with Gasteiger partial charge in [-0.05, 0) is 47.5 Å². The number of aromatic nitrogens is 2. The molecular weight excluding hydrogens is 337 g/mol. The standard InChI is InChI=1S/C15H17BrFN3O/c1-3-6-18-14-7-10(2)19-15(20-14)9-21-13-5-4-11(17)8-12(13)16/h4-5,7-8H,3,6,9H2,1-2H3,(H,18,19,20). The number of nitrogens with zero attached hydrogens (tertiary/aromatic N) is 2. The van der Waals surface area contributed by atoms with Crippen LogP contribution in [-0.4, -0.2) is 16.5 Å². The van der Waals surface area contributed by atoms with Crippen LogP contribution in [0.5, 0.6) is 5.75 Å². The molecule has 2 aromatic rings. The van der Waals surface area contributed by atoms with E-state index in [-0.39, 0.29) is 12.4 Å². The molecular formula is C15H17BrFN3O. The van der Waals surface area contributed by atoms with Gasteiger partial charge in [0.15, 0.2) is 5.82 Å². The molecule has 1 aromatic carbocycles. The van der Waals surface area contributed by atoms with Crippen molar-refractivity contribution in [3.05, 3.63) is 46.1 Å². The van der Waals surface area contributed by atoms with Crippen molar-refractivity contribution in [2.45, 2.75) is 26.9 Å². The molecule has 0 aliphatic rings. The molecule has 0 fully saturated rings. The van der Waals surface area contributed by atoms with Crippen LogP contribution in [-0.2, 0) is 6.61 Å². The number of anilines is 1. The van der Waals surface area contributed by atoms with Gasteiger partial charge in [-0.25, -0.2) is 14.4 Å². The Bertz CT molecular complexity index is 622. The maximum absolute atomic E-state index is 13.0. The van der Waals surface area contributed by atoms with Crippen LogP contribution < -0.4 is 10.1 Å². The average Bonchev–Trinajstić information content (AvgIpc) is 2.43. The van der Waals surface area contributed by atoms with Crippen LogP contribution in [0.2, 0.25) is 0 Å². The van der Waals surface area contributed by atoms with Gasteiger partial charge in [0, 0.05) is 18.3 Å². The zero-order valence-electron chi connectivity index (χ0n) is 12.0. The van der Waals surface area contributed by atoms with Crippen LogP contribution in [0.3, 0.4) is 0 Å². The maximum atomic E-state index is 13.0. The first-order chi connectivity index (χ1) is 10.1. The fraction of sp³-hybridized carbons (Fsp3) is 0.333. The summed E-state index contributed by atoms with van der Waals surface area (Å²) in [7, 11) is 0. The van der Waals surface area contributed by atoms with E-state index in [1.54, 1.807) is 6.07 Å². The summed E-state index contributed by atoms with van der Waals surface area (Å²) < 4.78 is 19.2. The van der Waals surface area contributed by atoms with Gasteiger partial charge in [-0.15, -0.1) is 0 Å². The second-order valence-corrected chi connectivity index (χ2v) is 5.46. The van der Waals surface area contributed by atoms with E-state index in [1.807, 2.05) is 13.0 Å². The Hall–Kier alpha value is -1.69. The summed E-state index contributed by atoms with van der Waals surface area (Å²) >= 11 is 3.27. The molecule has 0 unspecified atom stereocenters. The van der Waals surface area contributed by atoms with Crippen molar-refractivity contribution >= 4 is 21.7 Å². The van der Waals surface area contributed by atoms with Crippen LogP contribution in [0.25, 0.3) is 0 Å². The van der Waals surface area contributed by atoms with E-state index < -0.39 is 0 Å². The van der Waals surface area contributed by atoms with Gasteiger partial charge in [-0.2, -0.15) is 0 Å². The maximum Gasteiger partial charge on any atom is 0.168 e. The minimum Gasteiger partial charge on any atom is -0.484 e. The van der Waals surface area contributed by atoms with Gasteiger partial charge in [-0.1, -0.05) is 6.92 Å². The second-order valence-electron chi connectivity index (χ2n) is 4.60. The Morgan fingerprint density at radius 2 is 2.10 bits per heavy atom. The summed E-state index contributed by atoms with van der Waals surface area (Å²) in [6.45, 7) is 5.10. The van der Waals surface area contributed by atoms with Crippen molar-refractivity contribution in [2.24, 2.45) is 0 Å². The Balaban J connectivity index is 2.07. The number of ether oxygens (including phenoxy) is 1. The summed E-state index contributed by atoms with van der Waals surface area (Å²) in [6.07, 6.45) is 1.03. The Kier molecular flexibility index (Phi) is 5.50. The van der Waals surface area contributed by atoms with E-state index in [0.717, 1.165) is 24.5 Å². The third kappa shape index (κ3) is 4.67. The SMILES string of the molecule is CCCNc1cc(C)nc(COc2ccc(F)cc2Br)n1. The molecule has 0 amide bonds. The molecule has 112 valence electrons. The van der Waals surface area contributed by atoms with Crippen molar-refractivity contribution in [1.82, 2.24) is 9.97 Å². The molecule has 4 nitrogen and oxygen atoms in total. The predicted octanol–water partition coefficient (Wildman–Crippen LogP) is 4.09. The molecule has 0 bridgehead atoms. The third-order valence-electron chi connectivity index (χ3n) is 2.71. The minimum absolute atomic E-state index is 0.229. The van der Waals surface area contributed by atoms with Crippen molar-refractivity contribution in [1.29, 1.82) is 0 Å². The lowest BCUT2D eigenvalue weighted by Gasteiger charge is -2.10. The van der Waals surface area contributed by atoms with Crippen LogP contribution in [0.1, 0.15) is 24.9 Å². The van der Waals surface area contributed by atoms with E-state index in [0.29, 0.717) is 16.0 Å². The third-order valence-corrected chi connectivity index (χ3v) is 3.33. The highest BCUT2D eigenvalue weighted by Crippen LogP contribution is 2.26. The number of nitrogens with one attached hydrogen (secondary N) is 1. The van der Waals surface area contributed by atoms with Crippen LogP contribution in [0.4, 0.5) is 10.2 Å². The monoisotopic (exact) mass is 353 g/mol. The highest BCUT2D eigenvalue weighted by atomic mass is 79.9. The normalized spacial score (nSPS) is 10.5. The van der Waals surface area contributed by atoms with E-state index in [2.05, 4.69) is 38.1 Å². The Morgan fingerprint density at radius 1 is 1.29 bits per heavy atom. The zero-order chi connectivity index (χ0) is 15.2. The molecule has 2 rings (SSSR count). The predicted molar refractivity (Wildman–Crippen MR) is 84.0 cm³/mol. The lowest BCUT2D eigenvalue weighted by molar-refractivity contribution is 0.293. The average molecular weight is 354 g/mol. The number of rotatable bonds is 6. The summed E-state index contributed by atoms with van der Waals surface area (Å²) in [5.74, 6) is 1.63. The van der Waals surface area contributed by atoms with Gasteiger partial charge in [0.2, 0.25) is 0 Å². The zero-order valence-corrected chi connectivity index (χ0v) is 13.6. The summed E-state index contributed by atoms with van der Waals surface area (Å²) in [6, 6.07) is 6.19. The molecule has 21 heavy (non-hydrogen) atoms. The lowest BCUT2D eigenvalue weighted by Crippen LogP contribution is -2.08. The molecule has 1 aromatic heterocycles. The molecule has 1 N–H and O–H groups in total. The first-order valence-electron chi connectivity index (χ1n) is 6.74. The van der Waals surface area contributed by atoms with Gasteiger partial charge in [0.05, 0.1) is 4.47 Å². The quantitative estimate of drug-likeness (QED) is 0.849. The van der Waals surface area contributed by atoms with E-state index in [1.165, 1.54) is 12.1 Å². The smallest absolute Gasteiger partial charge is 0.168 e. The van der Waals surface area contributed by atoms with Crippen LogP contribution in [0, 0.1) is 12.7 Å². The molecule has 1 heterocycles. The Morgan fingerprint density at radius 3 is 2.81 bits per heavy atom. The van der Waals surface area contributed by atoms with Crippen LogP contribution >= 0.6 is 15.9 Å². The van der Waals surface area contributed by atoms with Gasteiger partial charge in [0.25, 0.3) is 0 Å². The molecule has 0 saturated carbocycles. The molecule has 0 radical (unpaired) electrons. The number of hydrogen-bond acceptors (Lipinski definition) is 4. The van der Waals surface area contributed by atoms with Gasteiger partial charge in [0.1, 0.15) is 24.0 Å². The number of benzene rings is 1. The number of hydrogen-bond donors (Lipinski definition) is 1. The fourth-order valence-corrected chi connectivity index (χ4v) is 2.24. The Labute approximate surface area is 131 Å². The van der Waals surface area contributed by atoms with Gasteiger partial charge < -0.3 is 10.1 Å². The highest BCUT2D eigenvalue weighted by molar-refractivity contribution is 9.10. The largest absolute Gasteiger partial charge is 0.484 e. The fourth-order valence-electron chi connectivity index (χ4n) is 1.77. The van der Waals surface area contributed by atoms with Crippen LogP contribution in [0.15, 0.2) is 28.7 Å². The first kappa shape index (κ1) is 15.7. The van der Waals surface area contributed by atoms with E-state index in [9.17, 15) is 4.39 Å². The van der Waals surface area contributed by atoms with Crippen molar-refractivity contribution in [2.75, 3.05) is 11.9 Å². The number of halogens is 2. The van der Waals surface area contributed by atoms with E-state index >= 15 is 0 Å². The molecule has 0 atom stereocenters. The highest BCUT2D eigenvalue weighted by Gasteiger charge is 2.06. The molecule has 6 heteroatoms. The lowest BCUT2D eigenvalue weighted by atomic mass is 10.3. The van der Waals surface area contributed by atoms with E-state index in [4.69, 9.17) is 4.74 Å². The van der Waals surface area contributed by atoms with Crippen molar-refractivity contribution in [3.8, 4) is 5.75 Å². The summed E-state index contributed by atoms with van der Waals surface area (Å²) in [5.41, 5.74) is 0.875. The topological polar surface area (TPSA) is 47.0 Å². The molecule has 0 saturated heterocycles. The van der Waals surface area contributed by atoms with Crippen molar-refractivity contribution in [3.63, 3.8) is 0 Å². The van der Waals surface area contributed by atoms with Gasteiger partial charge >= 0.3 is 0 Å². The first-order valence-corrected chi connectivity index (χ1v) is 7.54. The van der Waals surface area contributed by atoms with Crippen molar-refractivity contribution < 1.29 is 9.13 Å². The molecule has 0 aliphatic carbocycles. The molecule has 0 aliphatic heterocycles.